The van der Waals surface area contributed by atoms with Crippen LogP contribution < -0.4 is 9.47 Å². The predicted octanol–water partition coefficient (Wildman–Crippen LogP) is 3.71. The molecule has 2 rings (SSSR count). The number of Topliss-reactive ketones (excluding diaryl/α,β-unsaturated/α-hetero) is 1. The van der Waals surface area contributed by atoms with E-state index in [4.69, 9.17) is 14.2 Å². The largest absolute Gasteiger partial charge is 0.497 e. The van der Waals surface area contributed by atoms with Crippen molar-refractivity contribution in [2.24, 2.45) is 0 Å². The Hall–Kier alpha value is -3.08. The van der Waals surface area contributed by atoms with Crippen LogP contribution in [0.5, 0.6) is 11.5 Å². The van der Waals surface area contributed by atoms with Crippen LogP contribution in [0, 0.1) is 0 Å². The zero-order valence-electron chi connectivity index (χ0n) is 15.2. The molecule has 26 heavy (non-hydrogen) atoms. The Labute approximate surface area is 153 Å². The summed E-state index contributed by atoms with van der Waals surface area (Å²) in [7, 11) is 3.10. The van der Waals surface area contributed by atoms with Gasteiger partial charge >= 0.3 is 5.97 Å². The van der Waals surface area contributed by atoms with E-state index >= 15 is 0 Å². The number of esters is 1. The van der Waals surface area contributed by atoms with E-state index in [1.165, 1.54) is 13.2 Å². The molecule has 5 heteroatoms. The smallest absolute Gasteiger partial charge is 0.331 e. The second-order valence-electron chi connectivity index (χ2n) is 5.52. The van der Waals surface area contributed by atoms with Crippen molar-refractivity contribution in [3.8, 4) is 11.5 Å². The third-order valence-electron chi connectivity index (χ3n) is 3.87. The molecular weight excluding hydrogens is 332 g/mol. The van der Waals surface area contributed by atoms with Crippen molar-refractivity contribution >= 4 is 17.8 Å². The fraction of sp³-hybridized carbons (Fsp3) is 0.238. The fourth-order valence-electron chi connectivity index (χ4n) is 2.31. The van der Waals surface area contributed by atoms with Gasteiger partial charge in [-0.25, -0.2) is 4.79 Å². The number of methoxy groups -OCH3 is 2. The first-order valence-corrected chi connectivity index (χ1v) is 8.26. The molecule has 0 N–H and O–H groups in total. The van der Waals surface area contributed by atoms with E-state index in [-0.39, 0.29) is 12.4 Å². The highest BCUT2D eigenvalue weighted by Crippen LogP contribution is 2.25. The number of hydrogen-bond donors (Lipinski definition) is 0. The second kappa shape index (κ2) is 9.42. The number of ether oxygens (including phenoxy) is 3. The number of benzene rings is 2. The summed E-state index contributed by atoms with van der Waals surface area (Å²) in [6, 6.07) is 12.5. The number of hydrogen-bond acceptors (Lipinski definition) is 5. The molecule has 0 spiro atoms. The highest BCUT2D eigenvalue weighted by Gasteiger charge is 2.09. The number of carbonyl (C=O) groups is 2. The molecule has 0 saturated heterocycles. The Balaban J connectivity index is 1.93. The molecule has 0 aliphatic heterocycles. The summed E-state index contributed by atoms with van der Waals surface area (Å²) in [5.41, 5.74) is 2.37. The van der Waals surface area contributed by atoms with E-state index in [0.29, 0.717) is 22.6 Å². The van der Waals surface area contributed by atoms with Gasteiger partial charge in [-0.05, 0) is 30.2 Å². The Kier molecular flexibility index (Phi) is 6.97. The molecule has 0 radical (unpaired) electrons. The molecule has 0 amide bonds. The fourth-order valence-corrected chi connectivity index (χ4v) is 2.31. The predicted molar refractivity (Wildman–Crippen MR) is 99.7 cm³/mol. The molecule has 0 aliphatic rings. The van der Waals surface area contributed by atoms with Gasteiger partial charge in [0.1, 0.15) is 11.5 Å². The number of ketones is 1. The Morgan fingerprint density at radius 3 is 2.35 bits per heavy atom. The van der Waals surface area contributed by atoms with Crippen LogP contribution in [0.4, 0.5) is 0 Å². The summed E-state index contributed by atoms with van der Waals surface area (Å²) >= 11 is 0. The lowest BCUT2D eigenvalue weighted by molar-refractivity contribution is -0.136. The Morgan fingerprint density at radius 2 is 1.73 bits per heavy atom. The monoisotopic (exact) mass is 354 g/mol. The van der Waals surface area contributed by atoms with Crippen LogP contribution >= 0.6 is 0 Å². The lowest BCUT2D eigenvalue weighted by Crippen LogP contribution is -2.12. The topological polar surface area (TPSA) is 61.8 Å². The van der Waals surface area contributed by atoms with Crippen molar-refractivity contribution in [3.63, 3.8) is 0 Å². The van der Waals surface area contributed by atoms with Crippen LogP contribution in [0.1, 0.15) is 28.4 Å². The van der Waals surface area contributed by atoms with E-state index in [0.717, 1.165) is 12.0 Å². The van der Waals surface area contributed by atoms with Gasteiger partial charge in [-0.3, -0.25) is 4.79 Å². The summed E-state index contributed by atoms with van der Waals surface area (Å²) in [5, 5.41) is 0. The minimum atomic E-state index is -0.596. The zero-order chi connectivity index (χ0) is 18.9. The summed E-state index contributed by atoms with van der Waals surface area (Å²) in [6.07, 6.45) is 3.74. The van der Waals surface area contributed by atoms with Gasteiger partial charge in [-0.1, -0.05) is 31.2 Å². The number of rotatable bonds is 8. The SMILES string of the molecule is CCc1ccc(C(=O)COC(=O)/C=C/c2ccc(OC)cc2OC)cc1. The van der Waals surface area contributed by atoms with Crippen LogP contribution in [0.3, 0.4) is 0 Å². The van der Waals surface area contributed by atoms with E-state index in [1.807, 2.05) is 19.1 Å². The van der Waals surface area contributed by atoms with E-state index in [9.17, 15) is 9.59 Å². The third-order valence-corrected chi connectivity index (χ3v) is 3.87. The molecule has 2 aromatic carbocycles. The van der Waals surface area contributed by atoms with E-state index < -0.39 is 5.97 Å². The van der Waals surface area contributed by atoms with E-state index in [2.05, 4.69) is 0 Å². The molecule has 0 aromatic heterocycles. The highest BCUT2D eigenvalue weighted by atomic mass is 16.5. The van der Waals surface area contributed by atoms with Gasteiger partial charge < -0.3 is 14.2 Å². The third kappa shape index (κ3) is 5.21. The van der Waals surface area contributed by atoms with Crippen LogP contribution in [-0.4, -0.2) is 32.6 Å². The number of carbonyl (C=O) groups excluding carboxylic acids is 2. The molecule has 0 unspecified atom stereocenters. The van der Waals surface area contributed by atoms with Gasteiger partial charge in [0.25, 0.3) is 0 Å². The maximum absolute atomic E-state index is 12.1. The summed E-state index contributed by atoms with van der Waals surface area (Å²) in [4.78, 5) is 23.9. The molecule has 0 aliphatic carbocycles. The van der Waals surface area contributed by atoms with Gasteiger partial charge in [0.2, 0.25) is 0 Å². The summed E-state index contributed by atoms with van der Waals surface area (Å²) in [5.74, 6) is 0.389. The first-order chi connectivity index (χ1) is 12.6. The minimum absolute atomic E-state index is 0.239. The minimum Gasteiger partial charge on any atom is -0.497 e. The van der Waals surface area contributed by atoms with Gasteiger partial charge in [-0.2, -0.15) is 0 Å². The van der Waals surface area contributed by atoms with Gasteiger partial charge in [0.15, 0.2) is 12.4 Å². The van der Waals surface area contributed by atoms with Crippen molar-refractivity contribution in [1.82, 2.24) is 0 Å². The van der Waals surface area contributed by atoms with Crippen LogP contribution in [0.2, 0.25) is 0 Å². The van der Waals surface area contributed by atoms with Gasteiger partial charge in [0.05, 0.1) is 14.2 Å². The molecule has 136 valence electrons. The average molecular weight is 354 g/mol. The maximum Gasteiger partial charge on any atom is 0.331 e. The first kappa shape index (κ1) is 19.2. The highest BCUT2D eigenvalue weighted by molar-refractivity contribution is 5.99. The maximum atomic E-state index is 12.1. The molecule has 5 nitrogen and oxygen atoms in total. The van der Waals surface area contributed by atoms with Gasteiger partial charge in [-0.15, -0.1) is 0 Å². The Bertz CT molecular complexity index is 791. The normalized spacial score (nSPS) is 10.6. The van der Waals surface area contributed by atoms with Crippen molar-refractivity contribution in [2.45, 2.75) is 13.3 Å². The van der Waals surface area contributed by atoms with Crippen molar-refractivity contribution < 1.29 is 23.8 Å². The molecule has 0 atom stereocenters. The molecule has 0 bridgehead atoms. The van der Waals surface area contributed by atoms with E-state index in [1.54, 1.807) is 43.5 Å². The summed E-state index contributed by atoms with van der Waals surface area (Å²) in [6.45, 7) is 1.75. The molecule has 0 heterocycles. The average Bonchev–Trinajstić information content (AvgIpc) is 2.70. The number of aryl methyl sites for hydroxylation is 1. The zero-order valence-corrected chi connectivity index (χ0v) is 15.2. The molecule has 2 aromatic rings. The molecule has 0 fully saturated rings. The van der Waals surface area contributed by atoms with Crippen molar-refractivity contribution in [1.29, 1.82) is 0 Å². The van der Waals surface area contributed by atoms with Crippen LogP contribution in [0.25, 0.3) is 6.08 Å². The lowest BCUT2D eigenvalue weighted by Gasteiger charge is -2.07. The Morgan fingerprint density at radius 1 is 1.00 bits per heavy atom. The first-order valence-electron chi connectivity index (χ1n) is 8.26. The quantitative estimate of drug-likeness (QED) is 0.411. The van der Waals surface area contributed by atoms with Crippen LogP contribution in [0.15, 0.2) is 48.5 Å². The van der Waals surface area contributed by atoms with Crippen LogP contribution in [-0.2, 0) is 16.0 Å². The van der Waals surface area contributed by atoms with Crippen molar-refractivity contribution in [2.75, 3.05) is 20.8 Å². The summed E-state index contributed by atoms with van der Waals surface area (Å²) < 4.78 is 15.4. The lowest BCUT2D eigenvalue weighted by atomic mass is 10.1. The molecule has 0 saturated carbocycles. The second-order valence-corrected chi connectivity index (χ2v) is 5.52. The van der Waals surface area contributed by atoms with Crippen molar-refractivity contribution in [3.05, 3.63) is 65.2 Å². The molecular formula is C21H22O5. The standard InChI is InChI=1S/C21H22O5/c1-4-15-5-7-16(8-6-15)19(22)14-26-21(23)12-10-17-9-11-18(24-2)13-20(17)25-3/h5-13H,4,14H2,1-3H3/b12-10+. The van der Waals surface area contributed by atoms with Gasteiger partial charge in [0, 0.05) is 23.3 Å².